The van der Waals surface area contributed by atoms with Crippen molar-refractivity contribution in [3.8, 4) is 11.3 Å². The number of nitrogens with zero attached hydrogens (tertiary/aromatic N) is 3. The van der Waals surface area contributed by atoms with Gasteiger partial charge < -0.3 is 5.32 Å². The van der Waals surface area contributed by atoms with Crippen LogP contribution in [0.3, 0.4) is 0 Å². The number of anilines is 1. The van der Waals surface area contributed by atoms with Gasteiger partial charge in [-0.2, -0.15) is 0 Å². The summed E-state index contributed by atoms with van der Waals surface area (Å²) >= 11 is 1.65. The van der Waals surface area contributed by atoms with Gasteiger partial charge >= 0.3 is 0 Å². The molecular weight excluding hydrogens is 284 g/mol. The number of rotatable bonds is 3. The van der Waals surface area contributed by atoms with Crippen molar-refractivity contribution in [1.82, 2.24) is 15.0 Å². The average Bonchev–Trinajstić information content (AvgIpc) is 2.95. The third-order valence-electron chi connectivity index (χ3n) is 2.86. The molecule has 6 heteroatoms. The Morgan fingerprint density at radius 2 is 2.14 bits per heavy atom. The van der Waals surface area contributed by atoms with E-state index < -0.39 is 0 Å². The highest BCUT2D eigenvalue weighted by molar-refractivity contribution is 7.10. The fourth-order valence-electron chi connectivity index (χ4n) is 1.91. The summed E-state index contributed by atoms with van der Waals surface area (Å²) in [5, 5.41) is 4.86. The number of aromatic nitrogens is 3. The highest BCUT2D eigenvalue weighted by Gasteiger charge is 2.12. The maximum atomic E-state index is 12.2. The molecule has 0 aliphatic carbocycles. The van der Waals surface area contributed by atoms with Crippen LogP contribution in [0.4, 0.5) is 5.69 Å². The van der Waals surface area contributed by atoms with Gasteiger partial charge in [0, 0.05) is 34.4 Å². The van der Waals surface area contributed by atoms with Gasteiger partial charge in [-0.25, -0.2) is 4.98 Å². The lowest BCUT2D eigenvalue weighted by atomic mass is 10.1. The van der Waals surface area contributed by atoms with Crippen LogP contribution >= 0.6 is 11.3 Å². The number of carbonyl (C=O) groups excluding carboxylic acids is 1. The normalized spacial score (nSPS) is 10.3. The van der Waals surface area contributed by atoms with Crippen LogP contribution in [0.2, 0.25) is 0 Å². The number of aryl methyl sites for hydroxylation is 1. The van der Waals surface area contributed by atoms with E-state index in [-0.39, 0.29) is 11.6 Å². The first-order valence-electron chi connectivity index (χ1n) is 6.32. The van der Waals surface area contributed by atoms with Gasteiger partial charge in [-0.15, -0.1) is 11.3 Å². The summed E-state index contributed by atoms with van der Waals surface area (Å²) in [4.78, 5) is 25.6. The van der Waals surface area contributed by atoms with Crippen LogP contribution in [0.5, 0.6) is 0 Å². The van der Waals surface area contributed by atoms with Crippen LogP contribution in [0.1, 0.15) is 15.4 Å². The van der Waals surface area contributed by atoms with Crippen LogP contribution in [-0.2, 0) is 0 Å². The summed E-state index contributed by atoms with van der Waals surface area (Å²) in [5.74, 6) is -0.302. The molecule has 3 aromatic heterocycles. The number of pyridine rings is 1. The van der Waals surface area contributed by atoms with E-state index in [1.165, 1.54) is 23.5 Å². The number of carbonyl (C=O) groups is 1. The summed E-state index contributed by atoms with van der Waals surface area (Å²) < 4.78 is 0. The molecule has 3 rings (SSSR count). The van der Waals surface area contributed by atoms with Gasteiger partial charge in [-0.05, 0) is 25.1 Å². The zero-order valence-corrected chi connectivity index (χ0v) is 12.1. The Balaban J connectivity index is 1.91. The Bertz CT molecular complexity index is 770. The first-order valence-corrected chi connectivity index (χ1v) is 7.20. The Morgan fingerprint density at radius 3 is 2.86 bits per heavy atom. The predicted molar refractivity (Wildman–Crippen MR) is 82.3 cm³/mol. The molecule has 0 saturated heterocycles. The molecule has 0 aromatic carbocycles. The molecule has 0 spiro atoms. The molecule has 104 valence electrons. The lowest BCUT2D eigenvalue weighted by molar-refractivity contribution is 0.102. The first-order chi connectivity index (χ1) is 10.2. The van der Waals surface area contributed by atoms with E-state index in [0.717, 1.165) is 11.3 Å². The Labute approximate surface area is 125 Å². The largest absolute Gasteiger partial charge is 0.319 e. The van der Waals surface area contributed by atoms with Gasteiger partial charge in [0.15, 0.2) is 0 Å². The highest BCUT2D eigenvalue weighted by Crippen LogP contribution is 2.29. The lowest BCUT2D eigenvalue weighted by Crippen LogP contribution is -2.14. The molecular formula is C15H12N4OS. The SMILES string of the molecule is Cc1cc(-c2ncccc2NC(=O)c2cnccn2)cs1. The smallest absolute Gasteiger partial charge is 0.275 e. The minimum atomic E-state index is -0.302. The Kier molecular flexibility index (Phi) is 3.70. The van der Waals surface area contributed by atoms with Crippen molar-refractivity contribution in [2.24, 2.45) is 0 Å². The number of hydrogen-bond acceptors (Lipinski definition) is 5. The van der Waals surface area contributed by atoms with Crippen LogP contribution in [-0.4, -0.2) is 20.9 Å². The third kappa shape index (κ3) is 2.95. The zero-order chi connectivity index (χ0) is 14.7. The van der Waals surface area contributed by atoms with E-state index in [9.17, 15) is 4.79 Å². The molecule has 0 aliphatic rings. The van der Waals surface area contributed by atoms with Gasteiger partial charge in [0.25, 0.3) is 5.91 Å². The summed E-state index contributed by atoms with van der Waals surface area (Å²) in [6.45, 7) is 2.04. The number of amides is 1. The molecule has 1 amide bonds. The van der Waals surface area contributed by atoms with E-state index in [2.05, 4.69) is 20.3 Å². The summed E-state index contributed by atoms with van der Waals surface area (Å²) in [5.41, 5.74) is 2.67. The first kappa shape index (κ1) is 13.4. The number of hydrogen-bond donors (Lipinski definition) is 1. The summed E-state index contributed by atoms with van der Waals surface area (Å²) in [6.07, 6.45) is 6.15. The van der Waals surface area contributed by atoms with Gasteiger partial charge in [-0.1, -0.05) is 0 Å². The molecule has 0 aliphatic heterocycles. The van der Waals surface area contributed by atoms with Crippen molar-refractivity contribution in [1.29, 1.82) is 0 Å². The highest BCUT2D eigenvalue weighted by atomic mass is 32.1. The molecule has 0 radical (unpaired) electrons. The van der Waals surface area contributed by atoms with Crippen LogP contribution in [0.25, 0.3) is 11.3 Å². The quantitative estimate of drug-likeness (QED) is 0.806. The predicted octanol–water partition coefficient (Wildman–Crippen LogP) is 3.16. The van der Waals surface area contributed by atoms with Gasteiger partial charge in [-0.3, -0.25) is 14.8 Å². The van der Waals surface area contributed by atoms with E-state index in [1.807, 2.05) is 24.4 Å². The molecule has 21 heavy (non-hydrogen) atoms. The van der Waals surface area contributed by atoms with Crippen molar-refractivity contribution >= 4 is 22.9 Å². The van der Waals surface area contributed by atoms with Crippen molar-refractivity contribution in [3.63, 3.8) is 0 Å². The average molecular weight is 296 g/mol. The summed E-state index contributed by atoms with van der Waals surface area (Å²) in [7, 11) is 0. The molecule has 0 saturated carbocycles. The fourth-order valence-corrected chi connectivity index (χ4v) is 2.59. The molecule has 5 nitrogen and oxygen atoms in total. The topological polar surface area (TPSA) is 67.8 Å². The minimum absolute atomic E-state index is 0.272. The van der Waals surface area contributed by atoms with E-state index in [4.69, 9.17) is 0 Å². The molecule has 3 aromatic rings. The third-order valence-corrected chi connectivity index (χ3v) is 3.72. The van der Waals surface area contributed by atoms with E-state index in [0.29, 0.717) is 5.69 Å². The number of nitrogens with one attached hydrogen (secondary N) is 1. The van der Waals surface area contributed by atoms with Crippen LogP contribution < -0.4 is 5.32 Å². The summed E-state index contributed by atoms with van der Waals surface area (Å²) in [6, 6.07) is 5.66. The standard InChI is InChI=1S/C15H12N4OS/c1-10-7-11(9-21-10)14-12(3-2-4-18-14)19-15(20)13-8-16-5-6-17-13/h2-9H,1H3,(H,19,20). The second-order valence-electron chi connectivity index (χ2n) is 4.39. The Morgan fingerprint density at radius 1 is 1.24 bits per heavy atom. The maximum Gasteiger partial charge on any atom is 0.275 e. The van der Waals surface area contributed by atoms with Gasteiger partial charge in [0.1, 0.15) is 5.69 Å². The lowest BCUT2D eigenvalue weighted by Gasteiger charge is -2.08. The second kappa shape index (κ2) is 5.80. The van der Waals surface area contributed by atoms with Crippen molar-refractivity contribution in [2.45, 2.75) is 6.92 Å². The van der Waals surface area contributed by atoms with Gasteiger partial charge in [0.2, 0.25) is 0 Å². The number of thiophene rings is 1. The van der Waals surface area contributed by atoms with Crippen molar-refractivity contribution < 1.29 is 4.79 Å². The van der Waals surface area contributed by atoms with Crippen molar-refractivity contribution in [3.05, 3.63) is 58.9 Å². The molecule has 0 atom stereocenters. The fraction of sp³-hybridized carbons (Fsp3) is 0.0667. The van der Waals surface area contributed by atoms with Crippen molar-refractivity contribution in [2.75, 3.05) is 5.32 Å². The van der Waals surface area contributed by atoms with E-state index in [1.54, 1.807) is 23.6 Å². The van der Waals surface area contributed by atoms with Crippen LogP contribution in [0, 0.1) is 6.92 Å². The van der Waals surface area contributed by atoms with Crippen LogP contribution in [0.15, 0.2) is 48.4 Å². The zero-order valence-electron chi connectivity index (χ0n) is 11.3. The minimum Gasteiger partial charge on any atom is -0.319 e. The molecule has 0 fully saturated rings. The second-order valence-corrected chi connectivity index (χ2v) is 5.51. The molecule has 3 heterocycles. The van der Waals surface area contributed by atoms with E-state index >= 15 is 0 Å². The monoisotopic (exact) mass is 296 g/mol. The molecule has 0 bridgehead atoms. The maximum absolute atomic E-state index is 12.2. The molecule has 1 N–H and O–H groups in total. The Hall–Kier alpha value is -2.60. The molecule has 0 unspecified atom stereocenters. The van der Waals surface area contributed by atoms with Gasteiger partial charge in [0.05, 0.1) is 17.6 Å².